The first-order valence-corrected chi connectivity index (χ1v) is 23.0. The van der Waals surface area contributed by atoms with Crippen molar-refractivity contribution in [1.29, 1.82) is 0 Å². The molecule has 0 amide bonds. The predicted molar refractivity (Wildman–Crippen MR) is 232 cm³/mol. The molecular formula is C47H60N4O9S. The number of anilines is 1. The number of ether oxygens (including phenoxy) is 4. The van der Waals surface area contributed by atoms with Gasteiger partial charge in [0, 0.05) is 95.8 Å². The Morgan fingerprint density at radius 3 is 2.41 bits per heavy atom. The number of carbonyl (C=O) groups excluding carboxylic acids is 3. The molecule has 3 unspecified atom stereocenters. The molecule has 14 heteroatoms. The van der Waals surface area contributed by atoms with Crippen molar-refractivity contribution in [2.24, 2.45) is 11.3 Å². The van der Waals surface area contributed by atoms with Crippen LogP contribution in [0.3, 0.4) is 0 Å². The Labute approximate surface area is 362 Å². The molecule has 0 radical (unpaired) electrons. The van der Waals surface area contributed by atoms with Crippen molar-refractivity contribution in [2.75, 3.05) is 72.3 Å². The Balaban J connectivity index is 1.37. The number of fused-ring (bicyclic) bond motifs is 6. The number of benzene rings is 2. The number of nitrogens with zero attached hydrogens (tertiary/aromatic N) is 3. The van der Waals surface area contributed by atoms with Crippen LogP contribution in [-0.2, 0) is 45.8 Å². The molecule has 328 valence electrons. The highest BCUT2D eigenvalue weighted by atomic mass is 32.2. The van der Waals surface area contributed by atoms with Crippen LogP contribution >= 0.6 is 11.8 Å². The maximum Gasteiger partial charge on any atom is 0.344 e. The molecule has 6 heterocycles. The first-order valence-electron chi connectivity index (χ1n) is 21.7. The zero-order chi connectivity index (χ0) is 43.4. The van der Waals surface area contributed by atoms with Crippen LogP contribution in [0.2, 0.25) is 0 Å². The molecule has 5 aliphatic heterocycles. The average molecular weight is 857 g/mol. The van der Waals surface area contributed by atoms with Crippen LogP contribution in [0.4, 0.5) is 5.69 Å². The van der Waals surface area contributed by atoms with Crippen LogP contribution in [0, 0.1) is 11.3 Å². The highest BCUT2D eigenvalue weighted by molar-refractivity contribution is 7.98. The lowest BCUT2D eigenvalue weighted by Crippen LogP contribution is -2.81. The molecule has 2 aromatic carbocycles. The Bertz CT molecular complexity index is 2330. The molecule has 1 aliphatic carbocycles. The second-order valence-electron chi connectivity index (χ2n) is 18.6. The normalized spacial score (nSPS) is 36.2. The molecule has 1 aromatic heterocycles. The largest absolute Gasteiger partial charge is 0.496 e. The second kappa shape index (κ2) is 14.8. The van der Waals surface area contributed by atoms with Crippen molar-refractivity contribution < 1.29 is 43.5 Å². The monoisotopic (exact) mass is 856 g/mol. The quantitative estimate of drug-likeness (QED) is 0.124. The maximum atomic E-state index is 15.4. The molecule has 1 saturated carbocycles. The van der Waals surface area contributed by atoms with E-state index in [4.69, 9.17) is 18.9 Å². The van der Waals surface area contributed by atoms with Crippen molar-refractivity contribution in [3.8, 4) is 5.75 Å². The number of rotatable bonds is 8. The summed E-state index contributed by atoms with van der Waals surface area (Å²) in [7, 11) is 6.17. The molecule has 3 N–H and O–H groups in total. The molecule has 10 atom stereocenters. The maximum absolute atomic E-state index is 15.4. The van der Waals surface area contributed by atoms with E-state index in [1.54, 1.807) is 18.9 Å². The number of H-pyrrole nitrogens is 1. The number of nitrogens with one attached hydrogen (secondary N) is 1. The summed E-state index contributed by atoms with van der Waals surface area (Å²) in [5.74, 6) is -1.57. The van der Waals surface area contributed by atoms with Crippen molar-refractivity contribution in [1.82, 2.24) is 14.8 Å². The zero-order valence-electron chi connectivity index (χ0n) is 36.6. The lowest BCUT2D eigenvalue weighted by molar-refractivity contribution is -0.228. The van der Waals surface area contributed by atoms with E-state index < -0.39 is 57.5 Å². The lowest BCUT2D eigenvalue weighted by Gasteiger charge is -2.63. The molecular weight excluding hydrogens is 797 g/mol. The number of hydrogen-bond acceptors (Lipinski definition) is 13. The number of hydrogen-bond donors (Lipinski definition) is 3. The molecule has 13 nitrogen and oxygen atoms in total. The van der Waals surface area contributed by atoms with Crippen LogP contribution in [0.1, 0.15) is 75.3 Å². The molecule has 3 fully saturated rings. The van der Waals surface area contributed by atoms with Crippen LogP contribution in [0.25, 0.3) is 10.9 Å². The van der Waals surface area contributed by atoms with Gasteiger partial charge in [-0.05, 0) is 92.6 Å². The van der Waals surface area contributed by atoms with Crippen LogP contribution in [0.15, 0.2) is 47.4 Å². The van der Waals surface area contributed by atoms with Gasteiger partial charge in [-0.3, -0.25) is 19.4 Å². The fourth-order valence-corrected chi connectivity index (χ4v) is 14.1. The van der Waals surface area contributed by atoms with Crippen molar-refractivity contribution in [3.63, 3.8) is 0 Å². The van der Waals surface area contributed by atoms with Gasteiger partial charge in [-0.1, -0.05) is 26.0 Å². The minimum absolute atomic E-state index is 0.106. The highest BCUT2D eigenvalue weighted by Crippen LogP contribution is 2.68. The fourth-order valence-electron chi connectivity index (χ4n) is 13.7. The third-order valence-electron chi connectivity index (χ3n) is 15.9. The van der Waals surface area contributed by atoms with E-state index >= 15 is 4.79 Å². The molecule has 2 bridgehead atoms. The summed E-state index contributed by atoms with van der Waals surface area (Å²) in [6, 6.07) is 9.19. The van der Waals surface area contributed by atoms with E-state index in [0.29, 0.717) is 82.6 Å². The van der Waals surface area contributed by atoms with Gasteiger partial charge in [-0.2, -0.15) is 0 Å². The van der Waals surface area contributed by atoms with E-state index in [2.05, 4.69) is 57.5 Å². The van der Waals surface area contributed by atoms with Crippen molar-refractivity contribution in [3.05, 3.63) is 64.9 Å². The summed E-state index contributed by atoms with van der Waals surface area (Å²) in [4.78, 5) is 54.5. The Morgan fingerprint density at radius 1 is 0.967 bits per heavy atom. The van der Waals surface area contributed by atoms with Gasteiger partial charge < -0.3 is 39.0 Å². The molecule has 9 rings (SSSR count). The number of thioether (sulfide) groups is 1. The van der Waals surface area contributed by atoms with E-state index in [-0.39, 0.29) is 12.0 Å². The molecule has 1 spiro atoms. The smallest absolute Gasteiger partial charge is 0.344 e. The van der Waals surface area contributed by atoms with E-state index in [0.717, 1.165) is 38.3 Å². The number of aromatic nitrogens is 1. The molecule has 3 aromatic rings. The number of aliphatic hydroxyl groups is 2. The first kappa shape index (κ1) is 42.2. The topological polar surface area (TPSA) is 154 Å². The minimum Gasteiger partial charge on any atom is -0.496 e. The van der Waals surface area contributed by atoms with Gasteiger partial charge in [0.1, 0.15) is 11.2 Å². The Hall–Kier alpha value is -4.08. The van der Waals surface area contributed by atoms with Crippen LogP contribution < -0.4 is 9.64 Å². The zero-order valence-corrected chi connectivity index (χ0v) is 37.4. The van der Waals surface area contributed by atoms with Gasteiger partial charge in [0.05, 0.1) is 33.0 Å². The molecule has 61 heavy (non-hydrogen) atoms. The molecule has 2 saturated heterocycles. The van der Waals surface area contributed by atoms with E-state index in [9.17, 15) is 19.8 Å². The second-order valence-corrected chi connectivity index (χ2v) is 19.4. The Morgan fingerprint density at radius 2 is 1.74 bits per heavy atom. The van der Waals surface area contributed by atoms with Crippen LogP contribution in [-0.4, -0.2) is 140 Å². The van der Waals surface area contributed by atoms with Gasteiger partial charge >= 0.3 is 17.9 Å². The van der Waals surface area contributed by atoms with Gasteiger partial charge in [0.15, 0.2) is 6.10 Å². The summed E-state index contributed by atoms with van der Waals surface area (Å²) >= 11 is 1.67. The first-order chi connectivity index (χ1) is 29.2. The number of methoxy groups -OCH3 is 3. The fraction of sp³-hybridized carbons (Fsp3) is 0.596. The summed E-state index contributed by atoms with van der Waals surface area (Å²) in [5, 5.41) is 26.5. The summed E-state index contributed by atoms with van der Waals surface area (Å²) in [6.45, 7) is 8.62. The summed E-state index contributed by atoms with van der Waals surface area (Å²) < 4.78 is 24.0. The third kappa shape index (κ3) is 5.63. The SMILES string of the molecule is CC[C@]1(O)C[C@@H]2CN(CCc3c([nH]c4ccc(SC)cc34)[C@@](C(=O)OC)(c3cc4c(cc3OC)N(C)C3C(O)(C(=O)OC)[C@H](OC(C)=O)[C@]5(CC)C=CCN6CC[C@]43[C@@H]65)C2)C1. The number of piperidine rings is 1. The van der Waals surface area contributed by atoms with Gasteiger partial charge in [0.2, 0.25) is 5.60 Å². The van der Waals surface area contributed by atoms with Crippen LogP contribution in [0.5, 0.6) is 5.75 Å². The van der Waals surface area contributed by atoms with Crippen molar-refractivity contribution >= 4 is 46.3 Å². The average Bonchev–Trinajstić information content (AvgIpc) is 3.92. The number of carbonyl (C=O) groups is 3. The number of likely N-dealkylation sites (N-methyl/N-ethyl adjacent to an activating group) is 1. The van der Waals surface area contributed by atoms with Gasteiger partial charge in [-0.25, -0.2) is 4.79 Å². The highest BCUT2D eigenvalue weighted by Gasteiger charge is 2.80. The van der Waals surface area contributed by atoms with Gasteiger partial charge in [-0.15, -0.1) is 11.8 Å². The summed E-state index contributed by atoms with van der Waals surface area (Å²) in [5.41, 5.74) is -1.65. The standard InChI is InChI=1S/C47H60N4O9S/c1-9-43(55)23-28-24-46(41(53)58-6,37-30(14-18-50(25-28)26-43)31-20-29(61-8)12-13-34(31)48-37)33-21-32-35(22-36(33)57-5)49(4)39-45(32)16-19-51-17-11-15-44(10-2,38(45)51)40(60-27(3)52)47(39,56)42(54)59-7/h11-13,15,20-22,28,38-40,48,55-56H,9-10,14,16-19,23-26H2,1-8H3/t28-,38-,39?,40+,43-,44+,45+,46-,47?/m0/s1. The minimum atomic E-state index is -2.31. The van der Waals surface area contributed by atoms with Crippen molar-refractivity contribution in [2.45, 2.75) is 104 Å². The predicted octanol–water partition coefficient (Wildman–Crippen LogP) is 4.71. The lowest BCUT2D eigenvalue weighted by atomic mass is 9.47. The molecule has 6 aliphatic rings. The summed E-state index contributed by atoms with van der Waals surface area (Å²) in [6.07, 6.45) is 7.98. The number of aromatic amines is 1. The third-order valence-corrected chi connectivity index (χ3v) is 16.6. The van der Waals surface area contributed by atoms with Gasteiger partial charge in [0.25, 0.3) is 0 Å². The van der Waals surface area contributed by atoms with E-state index in [1.807, 2.05) is 31.9 Å². The Kier molecular flexibility index (Phi) is 10.2. The van der Waals surface area contributed by atoms with E-state index in [1.165, 1.54) is 21.1 Å². The number of esters is 3.